The third-order valence-electron chi connectivity index (χ3n) is 3.20. The van der Waals surface area contributed by atoms with Gasteiger partial charge in [0, 0.05) is 13.6 Å². The van der Waals surface area contributed by atoms with Gasteiger partial charge >= 0.3 is 0 Å². The summed E-state index contributed by atoms with van der Waals surface area (Å²) >= 11 is 0. The van der Waals surface area contributed by atoms with Gasteiger partial charge in [-0.3, -0.25) is 9.59 Å². The van der Waals surface area contributed by atoms with E-state index in [2.05, 4.69) is 5.32 Å². The number of nitrogens with one attached hydrogen (secondary N) is 1. The Balaban J connectivity index is 2.38. The van der Waals surface area contributed by atoms with E-state index in [1.54, 1.807) is 11.9 Å². The Labute approximate surface area is 106 Å². The molecule has 1 aliphatic heterocycles. The van der Waals surface area contributed by atoms with Crippen LogP contribution < -0.4 is 11.1 Å². The maximum absolute atomic E-state index is 12.2. The Morgan fingerprint density at radius 1 is 1.50 bits per heavy atom. The summed E-state index contributed by atoms with van der Waals surface area (Å²) in [7, 11) is 1.75. The van der Waals surface area contributed by atoms with Crippen molar-refractivity contribution in [1.29, 1.82) is 0 Å². The molecule has 1 unspecified atom stereocenters. The van der Waals surface area contributed by atoms with Gasteiger partial charge in [-0.05, 0) is 17.5 Å². The van der Waals surface area contributed by atoms with Gasteiger partial charge < -0.3 is 16.0 Å². The molecule has 3 N–H and O–H groups in total. The molecule has 2 rings (SSSR count). The largest absolute Gasteiger partial charge is 0.343 e. The van der Waals surface area contributed by atoms with Crippen molar-refractivity contribution in [3.05, 3.63) is 35.4 Å². The van der Waals surface area contributed by atoms with Gasteiger partial charge in [-0.15, -0.1) is 0 Å². The van der Waals surface area contributed by atoms with E-state index in [9.17, 15) is 9.59 Å². The minimum absolute atomic E-state index is 0.0956. The first-order chi connectivity index (χ1) is 8.63. The molecule has 0 saturated heterocycles. The number of fused-ring (bicyclic) bond motifs is 1. The van der Waals surface area contributed by atoms with Crippen LogP contribution in [0.5, 0.6) is 0 Å². The molecule has 1 atom stereocenters. The number of carbonyl (C=O) groups excluding carboxylic acids is 2. The second kappa shape index (κ2) is 5.18. The molecule has 5 heteroatoms. The number of benzene rings is 1. The fraction of sp³-hybridized carbons (Fsp3) is 0.385. The molecule has 1 aromatic carbocycles. The zero-order valence-corrected chi connectivity index (χ0v) is 10.3. The van der Waals surface area contributed by atoms with Crippen molar-refractivity contribution < 1.29 is 9.59 Å². The smallest absolute Gasteiger partial charge is 0.249 e. The van der Waals surface area contributed by atoms with Crippen LogP contribution in [-0.4, -0.2) is 36.9 Å². The molecule has 96 valence electrons. The molecule has 0 aliphatic carbocycles. The third-order valence-corrected chi connectivity index (χ3v) is 3.20. The van der Waals surface area contributed by atoms with Crippen molar-refractivity contribution in [3.8, 4) is 0 Å². The summed E-state index contributed by atoms with van der Waals surface area (Å²) in [4.78, 5) is 25.3. The van der Waals surface area contributed by atoms with Gasteiger partial charge in [0.25, 0.3) is 0 Å². The van der Waals surface area contributed by atoms with Gasteiger partial charge in [0.05, 0.1) is 6.54 Å². The molecule has 0 saturated carbocycles. The molecule has 0 aromatic heterocycles. The number of hydrogen-bond acceptors (Lipinski definition) is 3. The van der Waals surface area contributed by atoms with E-state index in [1.165, 1.54) is 0 Å². The summed E-state index contributed by atoms with van der Waals surface area (Å²) in [6.45, 7) is 0.542. The molecule has 5 nitrogen and oxygen atoms in total. The highest BCUT2D eigenvalue weighted by atomic mass is 16.2. The zero-order valence-electron chi connectivity index (χ0n) is 10.3. The highest BCUT2D eigenvalue weighted by Crippen LogP contribution is 2.23. The lowest BCUT2D eigenvalue weighted by Crippen LogP contribution is -2.42. The van der Waals surface area contributed by atoms with Crippen LogP contribution in [0, 0.1) is 0 Å². The standard InChI is InChI=1S/C13H17N3O2/c1-16-7-6-9-4-2-3-5-10(9)12(13(16)18)15-11(17)8-14/h2-5,12H,6-8,14H2,1H3,(H,15,17). The fourth-order valence-electron chi connectivity index (χ4n) is 2.15. The summed E-state index contributed by atoms with van der Waals surface area (Å²) in [5.74, 6) is -0.416. The number of nitrogens with zero attached hydrogens (tertiary/aromatic N) is 1. The highest BCUT2D eigenvalue weighted by molar-refractivity contribution is 5.89. The summed E-state index contributed by atoms with van der Waals surface area (Å²) in [5.41, 5.74) is 7.26. The van der Waals surface area contributed by atoms with Gasteiger partial charge in [0.15, 0.2) is 0 Å². The first-order valence-electron chi connectivity index (χ1n) is 5.95. The highest BCUT2D eigenvalue weighted by Gasteiger charge is 2.29. The van der Waals surface area contributed by atoms with E-state index >= 15 is 0 Å². The van der Waals surface area contributed by atoms with Crippen LogP contribution in [0.4, 0.5) is 0 Å². The number of hydrogen-bond donors (Lipinski definition) is 2. The van der Waals surface area contributed by atoms with E-state index in [0.29, 0.717) is 6.54 Å². The molecule has 0 radical (unpaired) electrons. The lowest BCUT2D eigenvalue weighted by atomic mass is 9.99. The van der Waals surface area contributed by atoms with Crippen LogP contribution in [-0.2, 0) is 16.0 Å². The Bertz CT molecular complexity index is 473. The number of carbonyl (C=O) groups is 2. The van der Waals surface area contributed by atoms with Crippen molar-refractivity contribution in [2.24, 2.45) is 5.73 Å². The van der Waals surface area contributed by atoms with Crippen LogP contribution in [0.2, 0.25) is 0 Å². The van der Waals surface area contributed by atoms with E-state index < -0.39 is 6.04 Å². The van der Waals surface area contributed by atoms with Gasteiger partial charge in [-0.25, -0.2) is 0 Å². The second-order valence-electron chi connectivity index (χ2n) is 4.41. The Hall–Kier alpha value is -1.88. The molecule has 0 fully saturated rings. The van der Waals surface area contributed by atoms with E-state index in [1.807, 2.05) is 24.3 Å². The second-order valence-corrected chi connectivity index (χ2v) is 4.41. The summed E-state index contributed by atoms with van der Waals surface area (Å²) in [6, 6.07) is 7.07. The Morgan fingerprint density at radius 3 is 2.94 bits per heavy atom. The zero-order chi connectivity index (χ0) is 13.1. The van der Waals surface area contributed by atoms with Crippen LogP contribution in [0.15, 0.2) is 24.3 Å². The Morgan fingerprint density at radius 2 is 2.22 bits per heavy atom. The van der Waals surface area contributed by atoms with Gasteiger partial charge in [-0.1, -0.05) is 24.3 Å². The molecule has 18 heavy (non-hydrogen) atoms. The van der Waals surface area contributed by atoms with E-state index in [4.69, 9.17) is 5.73 Å². The number of likely N-dealkylation sites (N-methyl/N-ethyl adjacent to an activating group) is 1. The number of amides is 2. The molecule has 1 aromatic rings. The maximum atomic E-state index is 12.2. The van der Waals surface area contributed by atoms with E-state index in [-0.39, 0.29) is 18.4 Å². The Kier molecular flexibility index (Phi) is 3.62. The lowest BCUT2D eigenvalue weighted by Gasteiger charge is -2.21. The topological polar surface area (TPSA) is 75.4 Å². The molecule has 1 heterocycles. The van der Waals surface area contributed by atoms with Crippen LogP contribution >= 0.6 is 0 Å². The summed E-state index contributed by atoms with van der Waals surface area (Å²) < 4.78 is 0. The van der Waals surface area contributed by atoms with E-state index in [0.717, 1.165) is 17.5 Å². The van der Waals surface area contributed by atoms with Crippen molar-refractivity contribution in [3.63, 3.8) is 0 Å². The quantitative estimate of drug-likeness (QED) is 0.761. The van der Waals surface area contributed by atoms with Crippen LogP contribution in [0.25, 0.3) is 0 Å². The van der Waals surface area contributed by atoms with Crippen molar-refractivity contribution in [2.75, 3.05) is 20.1 Å². The SMILES string of the molecule is CN1CCc2ccccc2C(NC(=O)CN)C1=O. The molecule has 2 amide bonds. The lowest BCUT2D eigenvalue weighted by molar-refractivity contribution is -0.135. The molecule has 0 bridgehead atoms. The van der Waals surface area contributed by atoms with Gasteiger partial charge in [0.1, 0.15) is 6.04 Å². The average Bonchev–Trinajstić information content (AvgIpc) is 2.51. The fourth-order valence-corrected chi connectivity index (χ4v) is 2.15. The van der Waals surface area contributed by atoms with Crippen LogP contribution in [0.3, 0.4) is 0 Å². The third kappa shape index (κ3) is 2.36. The molecule has 0 spiro atoms. The predicted molar refractivity (Wildman–Crippen MR) is 67.7 cm³/mol. The normalized spacial score (nSPS) is 19.1. The first-order valence-corrected chi connectivity index (χ1v) is 5.95. The van der Waals surface area contributed by atoms with Gasteiger partial charge in [0.2, 0.25) is 11.8 Å². The van der Waals surface area contributed by atoms with Crippen molar-refractivity contribution in [2.45, 2.75) is 12.5 Å². The van der Waals surface area contributed by atoms with Gasteiger partial charge in [-0.2, -0.15) is 0 Å². The van der Waals surface area contributed by atoms with Crippen molar-refractivity contribution >= 4 is 11.8 Å². The maximum Gasteiger partial charge on any atom is 0.249 e. The number of nitrogens with two attached hydrogens (primary N) is 1. The predicted octanol–water partition coefficient (Wildman–Crippen LogP) is -0.183. The van der Waals surface area contributed by atoms with Crippen molar-refractivity contribution in [1.82, 2.24) is 10.2 Å². The first kappa shape index (κ1) is 12.6. The minimum Gasteiger partial charge on any atom is -0.343 e. The summed E-state index contributed by atoms with van der Waals surface area (Å²) in [5, 5.41) is 2.69. The summed E-state index contributed by atoms with van der Waals surface area (Å²) in [6.07, 6.45) is 0.799. The average molecular weight is 247 g/mol. The molecular weight excluding hydrogens is 230 g/mol. The minimum atomic E-state index is -0.621. The molecular formula is C13H17N3O2. The number of rotatable bonds is 2. The van der Waals surface area contributed by atoms with Crippen LogP contribution in [0.1, 0.15) is 17.2 Å². The molecule has 1 aliphatic rings. The monoisotopic (exact) mass is 247 g/mol.